The summed E-state index contributed by atoms with van der Waals surface area (Å²) in [5.41, 5.74) is -0.403. The van der Waals surface area contributed by atoms with Crippen LogP contribution >= 0.6 is 0 Å². The van der Waals surface area contributed by atoms with Crippen molar-refractivity contribution in [3.63, 3.8) is 0 Å². The zero-order chi connectivity index (χ0) is 18.0. The second-order valence-corrected chi connectivity index (χ2v) is 5.56. The molecule has 0 fully saturated rings. The van der Waals surface area contributed by atoms with E-state index in [1.165, 1.54) is 6.07 Å². The maximum atomic E-state index is 13.0. The molecular formula is C16H21F4NO3. The van der Waals surface area contributed by atoms with E-state index >= 15 is 0 Å². The van der Waals surface area contributed by atoms with Crippen molar-refractivity contribution in [2.75, 3.05) is 6.61 Å². The molecule has 0 aromatic heterocycles. The van der Waals surface area contributed by atoms with Crippen molar-refractivity contribution in [2.24, 2.45) is 0 Å². The van der Waals surface area contributed by atoms with E-state index in [9.17, 15) is 27.7 Å². The molecule has 0 spiro atoms. The molecule has 0 amide bonds. The number of nitro groups is 1. The topological polar surface area (TPSA) is 52.4 Å². The maximum absolute atomic E-state index is 13.0. The third-order valence-electron chi connectivity index (χ3n) is 3.48. The molecule has 0 N–H and O–H groups in total. The van der Waals surface area contributed by atoms with E-state index in [0.29, 0.717) is 12.8 Å². The van der Waals surface area contributed by atoms with Crippen LogP contribution in [-0.4, -0.2) is 17.7 Å². The molecule has 0 aliphatic rings. The SMILES string of the molecule is O=[N+]([O-])c1cc(F)ccc1OCCCCCCCCCC(F)(F)F. The second-order valence-electron chi connectivity index (χ2n) is 5.56. The van der Waals surface area contributed by atoms with Crippen LogP contribution in [0.4, 0.5) is 23.2 Å². The number of nitrogens with zero attached hydrogens (tertiary/aromatic N) is 1. The lowest BCUT2D eigenvalue weighted by Crippen LogP contribution is -2.06. The molecule has 1 rings (SSSR count). The van der Waals surface area contributed by atoms with Crippen molar-refractivity contribution in [2.45, 2.75) is 57.5 Å². The highest BCUT2D eigenvalue weighted by Crippen LogP contribution is 2.27. The molecule has 0 aliphatic carbocycles. The molecule has 24 heavy (non-hydrogen) atoms. The summed E-state index contributed by atoms with van der Waals surface area (Å²) in [7, 11) is 0. The van der Waals surface area contributed by atoms with Crippen molar-refractivity contribution in [3.8, 4) is 5.75 Å². The Bertz CT molecular complexity index is 521. The van der Waals surface area contributed by atoms with Gasteiger partial charge in [-0.2, -0.15) is 13.2 Å². The van der Waals surface area contributed by atoms with E-state index < -0.39 is 29.0 Å². The van der Waals surface area contributed by atoms with Crippen LogP contribution in [0.25, 0.3) is 0 Å². The Morgan fingerprint density at radius 2 is 1.58 bits per heavy atom. The summed E-state index contributed by atoms with van der Waals surface area (Å²) in [6, 6.07) is 3.15. The molecule has 0 unspecified atom stereocenters. The highest BCUT2D eigenvalue weighted by molar-refractivity contribution is 5.46. The molecule has 136 valence electrons. The maximum Gasteiger partial charge on any atom is 0.389 e. The van der Waals surface area contributed by atoms with E-state index in [2.05, 4.69) is 0 Å². The Morgan fingerprint density at radius 1 is 1.00 bits per heavy atom. The Kier molecular flexibility index (Phi) is 8.49. The zero-order valence-corrected chi connectivity index (χ0v) is 13.3. The minimum Gasteiger partial charge on any atom is -0.487 e. The van der Waals surface area contributed by atoms with Crippen LogP contribution in [0.1, 0.15) is 51.4 Å². The number of benzene rings is 1. The van der Waals surface area contributed by atoms with Crippen LogP contribution in [0.3, 0.4) is 0 Å². The number of nitro benzene ring substituents is 1. The lowest BCUT2D eigenvalue weighted by molar-refractivity contribution is -0.386. The zero-order valence-electron chi connectivity index (χ0n) is 13.3. The minimum atomic E-state index is -4.07. The minimum absolute atomic E-state index is 0.0357. The van der Waals surface area contributed by atoms with Gasteiger partial charge in [0.1, 0.15) is 5.82 Å². The first kappa shape index (κ1) is 20.2. The molecule has 0 saturated carbocycles. The predicted octanol–water partition coefficient (Wildman–Crippen LogP) is 5.80. The van der Waals surface area contributed by atoms with Crippen LogP contribution < -0.4 is 4.74 Å². The number of halogens is 4. The fraction of sp³-hybridized carbons (Fsp3) is 0.625. The standard InChI is InChI=1S/C16H21F4NO3/c17-13-8-9-15(14(12-13)21(22)23)24-11-7-5-3-1-2-4-6-10-16(18,19)20/h8-9,12H,1-7,10-11H2. The largest absolute Gasteiger partial charge is 0.487 e. The van der Waals surface area contributed by atoms with Crippen molar-refractivity contribution in [3.05, 3.63) is 34.1 Å². The van der Waals surface area contributed by atoms with E-state index in [1.54, 1.807) is 0 Å². The number of unbranched alkanes of at least 4 members (excludes halogenated alkanes) is 6. The van der Waals surface area contributed by atoms with E-state index in [0.717, 1.165) is 37.8 Å². The first-order valence-corrected chi connectivity index (χ1v) is 7.93. The van der Waals surface area contributed by atoms with Gasteiger partial charge in [-0.25, -0.2) is 4.39 Å². The van der Waals surface area contributed by atoms with Crippen LogP contribution in [0.15, 0.2) is 18.2 Å². The first-order valence-electron chi connectivity index (χ1n) is 7.93. The van der Waals surface area contributed by atoms with Gasteiger partial charge in [0.15, 0.2) is 5.75 Å². The van der Waals surface area contributed by atoms with E-state index in [4.69, 9.17) is 4.74 Å². The normalized spacial score (nSPS) is 11.5. The van der Waals surface area contributed by atoms with Crippen LogP contribution in [0.2, 0.25) is 0 Å². The lowest BCUT2D eigenvalue weighted by atomic mass is 10.1. The smallest absolute Gasteiger partial charge is 0.389 e. The summed E-state index contributed by atoms with van der Waals surface area (Å²) < 4.78 is 54.1. The van der Waals surface area contributed by atoms with Crippen molar-refractivity contribution < 1.29 is 27.2 Å². The van der Waals surface area contributed by atoms with Gasteiger partial charge in [-0.05, 0) is 25.0 Å². The van der Waals surface area contributed by atoms with E-state index in [1.807, 2.05) is 0 Å². The third kappa shape index (κ3) is 8.69. The highest BCUT2D eigenvalue weighted by atomic mass is 19.4. The molecule has 0 aliphatic heterocycles. The molecule has 0 saturated heterocycles. The molecule has 0 bridgehead atoms. The van der Waals surface area contributed by atoms with Crippen molar-refractivity contribution in [1.29, 1.82) is 0 Å². The Balaban J connectivity index is 2.10. The van der Waals surface area contributed by atoms with Crippen molar-refractivity contribution >= 4 is 5.69 Å². The quantitative estimate of drug-likeness (QED) is 0.219. The number of ether oxygens (including phenoxy) is 1. The lowest BCUT2D eigenvalue weighted by Gasteiger charge is -2.07. The predicted molar refractivity (Wildman–Crippen MR) is 81.5 cm³/mol. The van der Waals surface area contributed by atoms with E-state index in [-0.39, 0.29) is 18.8 Å². The fourth-order valence-electron chi connectivity index (χ4n) is 2.25. The number of alkyl halides is 3. The van der Waals surface area contributed by atoms with Gasteiger partial charge >= 0.3 is 11.9 Å². The van der Waals surface area contributed by atoms with Gasteiger partial charge < -0.3 is 4.74 Å². The highest BCUT2D eigenvalue weighted by Gasteiger charge is 2.25. The van der Waals surface area contributed by atoms with Gasteiger partial charge in [0, 0.05) is 6.42 Å². The van der Waals surface area contributed by atoms with Gasteiger partial charge in [-0.1, -0.05) is 32.1 Å². The molecule has 0 atom stereocenters. The molecule has 1 aromatic carbocycles. The second kappa shape index (κ2) is 10.1. The van der Waals surface area contributed by atoms with Crippen LogP contribution in [0, 0.1) is 15.9 Å². The summed E-state index contributed by atoms with van der Waals surface area (Å²) in [5, 5.41) is 10.8. The summed E-state index contributed by atoms with van der Waals surface area (Å²) in [4.78, 5) is 10.1. The van der Waals surface area contributed by atoms with Gasteiger partial charge in [0.25, 0.3) is 0 Å². The summed E-state index contributed by atoms with van der Waals surface area (Å²) in [6.07, 6.45) is -0.0582. The Hall–Kier alpha value is -1.86. The van der Waals surface area contributed by atoms with Gasteiger partial charge in [-0.3, -0.25) is 10.1 Å². The summed E-state index contributed by atoms with van der Waals surface area (Å²) in [6.45, 7) is 0.278. The average Bonchev–Trinajstić information content (AvgIpc) is 2.49. The number of hydrogen-bond donors (Lipinski definition) is 0. The molecule has 1 aromatic rings. The van der Waals surface area contributed by atoms with Gasteiger partial charge in [0.2, 0.25) is 0 Å². The van der Waals surface area contributed by atoms with Gasteiger partial charge in [-0.15, -0.1) is 0 Å². The molecule has 0 radical (unpaired) electrons. The average molecular weight is 351 g/mol. The van der Waals surface area contributed by atoms with Gasteiger partial charge in [0.05, 0.1) is 17.6 Å². The molecule has 8 heteroatoms. The third-order valence-corrected chi connectivity index (χ3v) is 3.48. The first-order chi connectivity index (χ1) is 11.3. The Labute approximate surface area is 138 Å². The monoisotopic (exact) mass is 351 g/mol. The summed E-state index contributed by atoms with van der Waals surface area (Å²) >= 11 is 0. The molecule has 0 heterocycles. The van der Waals surface area contributed by atoms with Crippen LogP contribution in [0.5, 0.6) is 5.75 Å². The van der Waals surface area contributed by atoms with Crippen LogP contribution in [-0.2, 0) is 0 Å². The summed E-state index contributed by atoms with van der Waals surface area (Å²) in [5.74, 6) is -0.659. The number of hydrogen-bond acceptors (Lipinski definition) is 3. The molecule has 4 nitrogen and oxygen atoms in total. The van der Waals surface area contributed by atoms with Crippen molar-refractivity contribution in [1.82, 2.24) is 0 Å². The molecular weight excluding hydrogens is 330 g/mol. The number of rotatable bonds is 11. The Morgan fingerprint density at radius 3 is 2.17 bits per heavy atom. The fourth-order valence-corrected chi connectivity index (χ4v) is 2.25.